The van der Waals surface area contributed by atoms with Crippen LogP contribution in [0.4, 0.5) is 18.9 Å². The van der Waals surface area contributed by atoms with Gasteiger partial charge in [-0.3, -0.25) is 19.2 Å². The highest BCUT2D eigenvalue weighted by molar-refractivity contribution is 6.02. The van der Waals surface area contributed by atoms with Crippen molar-refractivity contribution < 1.29 is 41.6 Å². The molecule has 1 saturated heterocycles. The first-order valence-corrected chi connectivity index (χ1v) is 14.9. The quantitative estimate of drug-likeness (QED) is 0.248. The van der Waals surface area contributed by atoms with E-state index in [1.54, 1.807) is 0 Å². The minimum absolute atomic E-state index is 0.104. The lowest BCUT2D eigenvalue weighted by molar-refractivity contribution is -0.144. The molecule has 0 unspecified atom stereocenters. The van der Waals surface area contributed by atoms with Crippen LogP contribution in [0.25, 0.3) is 0 Å². The van der Waals surface area contributed by atoms with E-state index < -0.39 is 58.8 Å². The Kier molecular flexibility index (Phi) is 10.8. The molecule has 3 heterocycles. The number of ether oxygens (including phenoxy) is 1. The van der Waals surface area contributed by atoms with Gasteiger partial charge in [-0.05, 0) is 57.9 Å². The molecule has 3 amide bonds. The lowest BCUT2D eigenvalue weighted by atomic mass is 9.97. The van der Waals surface area contributed by atoms with Crippen molar-refractivity contribution in [3.8, 4) is 0 Å². The minimum atomic E-state index is -4.92. The highest BCUT2D eigenvalue weighted by Gasteiger charge is 2.35. The van der Waals surface area contributed by atoms with Crippen LogP contribution in [0.2, 0.25) is 0 Å². The zero-order valence-corrected chi connectivity index (χ0v) is 24.9. The topological polar surface area (TPSA) is 162 Å². The van der Waals surface area contributed by atoms with E-state index in [9.17, 15) is 37.1 Å². The number of amides is 3. The number of nitrogens with zero attached hydrogens (tertiary/aromatic N) is 2. The summed E-state index contributed by atoms with van der Waals surface area (Å²) in [7, 11) is 0. The van der Waals surface area contributed by atoms with Crippen LogP contribution in [0, 0.1) is 12.8 Å². The van der Waals surface area contributed by atoms with Gasteiger partial charge in [-0.25, -0.2) is 4.79 Å². The Morgan fingerprint density at radius 2 is 1.91 bits per heavy atom. The molecule has 3 atom stereocenters. The smallest absolute Gasteiger partial charge is 0.417 e. The molecule has 45 heavy (non-hydrogen) atoms. The maximum absolute atomic E-state index is 13.9. The van der Waals surface area contributed by atoms with E-state index in [1.165, 1.54) is 32.1 Å². The molecule has 12 nitrogen and oxygen atoms in total. The number of halogens is 3. The summed E-state index contributed by atoms with van der Waals surface area (Å²) in [5, 5.41) is 11.0. The fourth-order valence-electron chi connectivity index (χ4n) is 5.47. The van der Waals surface area contributed by atoms with E-state index in [2.05, 4.69) is 21.1 Å². The number of alkyl halides is 3. The zero-order chi connectivity index (χ0) is 32.7. The summed E-state index contributed by atoms with van der Waals surface area (Å²) in [4.78, 5) is 64.3. The monoisotopic (exact) mass is 635 g/mol. The molecule has 1 aliphatic carbocycles. The second-order valence-corrected chi connectivity index (χ2v) is 11.2. The average molecular weight is 636 g/mol. The number of hydrogen-bond donors (Lipinski definition) is 3. The van der Waals surface area contributed by atoms with E-state index in [0.717, 1.165) is 32.1 Å². The van der Waals surface area contributed by atoms with E-state index in [-0.39, 0.29) is 36.3 Å². The van der Waals surface area contributed by atoms with Crippen molar-refractivity contribution in [3.63, 3.8) is 0 Å². The van der Waals surface area contributed by atoms with Crippen LogP contribution in [0.3, 0.4) is 0 Å². The summed E-state index contributed by atoms with van der Waals surface area (Å²) < 4.78 is 52.6. The second-order valence-electron chi connectivity index (χ2n) is 11.2. The number of anilines is 1. The van der Waals surface area contributed by atoms with Crippen LogP contribution in [0.1, 0.15) is 86.1 Å². The fourth-order valence-corrected chi connectivity index (χ4v) is 5.47. The number of rotatable bonds is 11. The van der Waals surface area contributed by atoms with Crippen LogP contribution < -0.4 is 21.5 Å². The number of carbonyl (C=O) groups is 4. The first-order valence-electron chi connectivity index (χ1n) is 14.9. The number of esters is 1. The molecular weight excluding hydrogens is 599 g/mol. The number of nitrogens with one attached hydrogen (secondary N) is 3. The van der Waals surface area contributed by atoms with Gasteiger partial charge in [-0.1, -0.05) is 24.6 Å². The lowest BCUT2D eigenvalue weighted by Gasteiger charge is -2.24. The molecule has 1 saturated carbocycles. The standard InChI is InChI=1S/C30H36F3N5O7/c1-3-24(38-16-19(30(31,32)33)15-23(29(38)43)36-27(41)22-13-17(2)45-37-22)28(42)35-20(14-18-11-12-34-26(18)40)9-10-25(39)44-21-7-5-4-6-8-21/h9-10,13,15-16,18,20-21,24H,3-8,11-12,14H2,1-2H3,(H,34,40)(H,35,42)(H,36,41)/b10-9+/t18-,20+,24+/m0/s1. The van der Waals surface area contributed by atoms with Crippen LogP contribution >= 0.6 is 0 Å². The molecule has 2 aromatic rings. The molecule has 0 bridgehead atoms. The highest BCUT2D eigenvalue weighted by atomic mass is 19.4. The van der Waals surface area contributed by atoms with Crippen LogP contribution in [0.5, 0.6) is 0 Å². The van der Waals surface area contributed by atoms with Gasteiger partial charge in [0.1, 0.15) is 23.6 Å². The average Bonchev–Trinajstić information content (AvgIpc) is 3.61. The first kappa shape index (κ1) is 33.5. The molecule has 3 N–H and O–H groups in total. The predicted octanol–water partition coefficient (Wildman–Crippen LogP) is 3.81. The summed E-state index contributed by atoms with van der Waals surface area (Å²) in [5.74, 6) is -2.85. The molecule has 2 aromatic heterocycles. The molecule has 2 aliphatic rings. The van der Waals surface area contributed by atoms with Gasteiger partial charge in [0.15, 0.2) is 5.69 Å². The molecule has 2 fully saturated rings. The van der Waals surface area contributed by atoms with Gasteiger partial charge in [0.25, 0.3) is 11.5 Å². The first-order chi connectivity index (χ1) is 21.3. The fraction of sp³-hybridized carbons (Fsp3) is 0.533. The molecule has 1 aliphatic heterocycles. The third-order valence-electron chi connectivity index (χ3n) is 7.83. The van der Waals surface area contributed by atoms with Crippen molar-refractivity contribution in [2.24, 2.45) is 5.92 Å². The Hall–Kier alpha value is -4.43. The molecular formula is C30H36F3N5O7. The lowest BCUT2D eigenvalue weighted by Crippen LogP contribution is -2.43. The Balaban J connectivity index is 1.59. The van der Waals surface area contributed by atoms with Crippen LogP contribution in [-0.2, 0) is 25.3 Å². The number of carbonyl (C=O) groups excluding carboxylic acids is 4. The van der Waals surface area contributed by atoms with Gasteiger partial charge in [0, 0.05) is 36.8 Å². The Labute approximate surface area is 256 Å². The summed E-state index contributed by atoms with van der Waals surface area (Å²) in [6, 6.07) is -0.591. The summed E-state index contributed by atoms with van der Waals surface area (Å²) in [6.07, 6.45) is 2.94. The summed E-state index contributed by atoms with van der Waals surface area (Å²) in [5.41, 5.74) is -3.30. The van der Waals surface area contributed by atoms with E-state index in [0.29, 0.717) is 29.8 Å². The molecule has 4 rings (SSSR count). The van der Waals surface area contributed by atoms with Gasteiger partial charge in [-0.2, -0.15) is 13.2 Å². The summed E-state index contributed by atoms with van der Waals surface area (Å²) in [6.45, 7) is 3.45. The van der Waals surface area contributed by atoms with Crippen molar-refractivity contribution in [1.29, 1.82) is 0 Å². The van der Waals surface area contributed by atoms with Crippen molar-refractivity contribution in [3.05, 3.63) is 57.9 Å². The SMILES string of the molecule is CC[C@H](C(=O)N[C@H](/C=C/C(=O)OC1CCCCC1)C[C@@H]1CCNC1=O)n1cc(C(F)(F)F)cc(NC(=O)c2cc(C)on2)c1=O. The second kappa shape index (κ2) is 14.6. The molecule has 244 valence electrons. The largest absolute Gasteiger partial charge is 0.459 e. The van der Waals surface area contributed by atoms with Gasteiger partial charge < -0.3 is 29.8 Å². The van der Waals surface area contributed by atoms with Gasteiger partial charge >= 0.3 is 12.1 Å². The number of pyridine rings is 1. The third-order valence-corrected chi connectivity index (χ3v) is 7.83. The van der Waals surface area contributed by atoms with Crippen molar-refractivity contribution >= 4 is 29.4 Å². The Bertz CT molecular complexity index is 1490. The number of hydrogen-bond acceptors (Lipinski definition) is 8. The van der Waals surface area contributed by atoms with E-state index >= 15 is 0 Å². The van der Waals surface area contributed by atoms with Gasteiger partial charge in [0.05, 0.1) is 5.56 Å². The predicted molar refractivity (Wildman–Crippen MR) is 154 cm³/mol. The molecule has 0 spiro atoms. The van der Waals surface area contributed by atoms with Crippen molar-refractivity contribution in [2.45, 2.75) is 89.6 Å². The van der Waals surface area contributed by atoms with E-state index in [1.807, 2.05) is 0 Å². The molecule has 0 radical (unpaired) electrons. The highest BCUT2D eigenvalue weighted by Crippen LogP contribution is 2.31. The van der Waals surface area contributed by atoms with Crippen molar-refractivity contribution in [2.75, 3.05) is 11.9 Å². The van der Waals surface area contributed by atoms with E-state index in [4.69, 9.17) is 9.26 Å². The maximum atomic E-state index is 13.9. The molecule has 0 aromatic carbocycles. The van der Waals surface area contributed by atoms with Crippen LogP contribution in [0.15, 0.2) is 39.8 Å². The minimum Gasteiger partial charge on any atom is -0.459 e. The zero-order valence-electron chi connectivity index (χ0n) is 24.9. The van der Waals surface area contributed by atoms with Crippen molar-refractivity contribution in [1.82, 2.24) is 20.4 Å². The summed E-state index contributed by atoms with van der Waals surface area (Å²) >= 11 is 0. The van der Waals surface area contributed by atoms with Crippen LogP contribution in [-0.4, -0.2) is 52.1 Å². The number of aryl methyl sites for hydroxylation is 1. The molecule has 15 heteroatoms. The maximum Gasteiger partial charge on any atom is 0.417 e. The number of aromatic nitrogens is 2. The normalized spacial score (nSPS) is 18.8. The Morgan fingerprint density at radius 1 is 1.18 bits per heavy atom. The van der Waals surface area contributed by atoms with Gasteiger partial charge in [0.2, 0.25) is 11.8 Å². The third kappa shape index (κ3) is 8.82. The van der Waals surface area contributed by atoms with Gasteiger partial charge in [-0.15, -0.1) is 0 Å². The Morgan fingerprint density at radius 3 is 2.51 bits per heavy atom.